The number of Topliss-reactive ketones (excluding diaryl/α,β-unsaturated/α-hetero) is 1. The van der Waals surface area contributed by atoms with Crippen molar-refractivity contribution in [1.29, 1.82) is 0 Å². The molecule has 1 unspecified atom stereocenters. The molecule has 3 nitrogen and oxygen atoms in total. The Balaban J connectivity index is 0.000000226. The van der Waals surface area contributed by atoms with Gasteiger partial charge < -0.3 is 5.11 Å². The molecule has 1 fully saturated rings. The van der Waals surface area contributed by atoms with Gasteiger partial charge in [-0.15, -0.1) is 0 Å². The first kappa shape index (κ1) is 31.0. The molecule has 0 radical (unpaired) electrons. The first-order valence-corrected chi connectivity index (χ1v) is 15.6. The third-order valence-corrected chi connectivity index (χ3v) is 8.35. The SMILES string of the molecule is CC.CCC1C(=O)C(c2ccc(-c3ccc(C)nc3)cc2O)=Cc2ccccc21.Cc1ccc(C2CCCCC2)cc1. The van der Waals surface area contributed by atoms with E-state index in [4.69, 9.17) is 0 Å². The van der Waals surface area contributed by atoms with Gasteiger partial charge in [-0.05, 0) is 85.6 Å². The first-order valence-electron chi connectivity index (χ1n) is 15.6. The molecular formula is C39H45NO2. The number of aryl methyl sites for hydroxylation is 2. The van der Waals surface area contributed by atoms with Gasteiger partial charge in [0, 0.05) is 34.5 Å². The zero-order valence-electron chi connectivity index (χ0n) is 25.9. The maximum Gasteiger partial charge on any atom is 0.171 e. The summed E-state index contributed by atoms with van der Waals surface area (Å²) in [6, 6.07) is 26.5. The summed E-state index contributed by atoms with van der Waals surface area (Å²) in [4.78, 5) is 17.4. The van der Waals surface area contributed by atoms with Crippen LogP contribution in [0.1, 0.15) is 105 Å². The number of nitrogens with zero attached hydrogens (tertiary/aromatic N) is 1. The number of allylic oxidation sites excluding steroid dienone is 1. The molecule has 0 spiro atoms. The van der Waals surface area contributed by atoms with Gasteiger partial charge >= 0.3 is 0 Å². The summed E-state index contributed by atoms with van der Waals surface area (Å²) in [7, 11) is 0. The van der Waals surface area contributed by atoms with Crippen molar-refractivity contribution in [2.45, 2.75) is 85.0 Å². The number of phenolic OH excluding ortho intramolecular Hbond substituents is 1. The molecule has 2 aliphatic carbocycles. The van der Waals surface area contributed by atoms with Crippen molar-refractivity contribution in [3.05, 3.63) is 119 Å². The highest BCUT2D eigenvalue weighted by Crippen LogP contribution is 2.40. The van der Waals surface area contributed by atoms with Crippen molar-refractivity contribution in [2.75, 3.05) is 0 Å². The zero-order valence-corrected chi connectivity index (χ0v) is 25.9. The average Bonchev–Trinajstić information content (AvgIpc) is 3.03. The smallest absolute Gasteiger partial charge is 0.171 e. The second-order valence-corrected chi connectivity index (χ2v) is 11.2. The Morgan fingerprint density at radius 2 is 1.52 bits per heavy atom. The molecular weight excluding hydrogens is 514 g/mol. The van der Waals surface area contributed by atoms with E-state index in [9.17, 15) is 9.90 Å². The van der Waals surface area contributed by atoms with Gasteiger partial charge in [-0.1, -0.05) is 106 Å². The van der Waals surface area contributed by atoms with Crippen LogP contribution in [0, 0.1) is 13.8 Å². The van der Waals surface area contributed by atoms with Crippen molar-refractivity contribution in [3.8, 4) is 16.9 Å². The third-order valence-electron chi connectivity index (χ3n) is 8.35. The van der Waals surface area contributed by atoms with Crippen molar-refractivity contribution in [1.82, 2.24) is 4.98 Å². The molecule has 1 aromatic heterocycles. The Labute approximate surface area is 252 Å². The van der Waals surface area contributed by atoms with Crippen LogP contribution in [0.25, 0.3) is 22.8 Å². The number of aromatic nitrogens is 1. The lowest BCUT2D eigenvalue weighted by Gasteiger charge is -2.24. The predicted octanol–water partition coefficient (Wildman–Crippen LogP) is 10.4. The molecule has 3 heteroatoms. The van der Waals surface area contributed by atoms with Gasteiger partial charge in [0.25, 0.3) is 0 Å². The normalized spacial score (nSPS) is 16.3. The summed E-state index contributed by atoms with van der Waals surface area (Å²) in [5.41, 5.74) is 8.96. The van der Waals surface area contributed by atoms with Crippen LogP contribution in [0.5, 0.6) is 5.75 Å². The van der Waals surface area contributed by atoms with Crippen LogP contribution >= 0.6 is 0 Å². The molecule has 0 bridgehead atoms. The predicted molar refractivity (Wildman–Crippen MR) is 177 cm³/mol. The quantitative estimate of drug-likeness (QED) is 0.271. The van der Waals surface area contributed by atoms with Crippen molar-refractivity contribution in [2.24, 2.45) is 0 Å². The second-order valence-electron chi connectivity index (χ2n) is 11.2. The van der Waals surface area contributed by atoms with Gasteiger partial charge in [-0.25, -0.2) is 0 Å². The molecule has 1 saturated carbocycles. The fourth-order valence-corrected chi connectivity index (χ4v) is 5.98. The molecule has 42 heavy (non-hydrogen) atoms. The minimum atomic E-state index is -0.165. The number of ketones is 1. The lowest BCUT2D eigenvalue weighted by Crippen LogP contribution is -2.18. The number of carbonyl (C=O) groups excluding carboxylic acids is 1. The lowest BCUT2D eigenvalue weighted by molar-refractivity contribution is -0.115. The van der Waals surface area contributed by atoms with E-state index in [1.54, 1.807) is 17.8 Å². The highest BCUT2D eigenvalue weighted by atomic mass is 16.3. The number of phenols is 1. The van der Waals surface area contributed by atoms with Crippen LogP contribution in [0.15, 0.2) is 85.1 Å². The van der Waals surface area contributed by atoms with Crippen LogP contribution < -0.4 is 0 Å². The van der Waals surface area contributed by atoms with E-state index in [2.05, 4.69) is 36.2 Å². The molecule has 6 rings (SSSR count). The highest BCUT2D eigenvalue weighted by Gasteiger charge is 2.30. The van der Waals surface area contributed by atoms with Crippen LogP contribution in [0.4, 0.5) is 0 Å². The molecule has 218 valence electrons. The van der Waals surface area contributed by atoms with Crippen LogP contribution in [-0.4, -0.2) is 15.9 Å². The Hall–Kier alpha value is -3.98. The van der Waals surface area contributed by atoms with E-state index in [0.717, 1.165) is 40.3 Å². The summed E-state index contributed by atoms with van der Waals surface area (Å²) in [5.74, 6) is 0.870. The Bertz CT molecular complexity index is 1490. The van der Waals surface area contributed by atoms with Crippen molar-refractivity contribution in [3.63, 3.8) is 0 Å². The van der Waals surface area contributed by atoms with E-state index in [1.807, 2.05) is 82.3 Å². The van der Waals surface area contributed by atoms with Gasteiger partial charge in [0.1, 0.15) is 5.75 Å². The van der Waals surface area contributed by atoms with Crippen molar-refractivity contribution >= 4 is 17.4 Å². The Kier molecular flexibility index (Phi) is 10.9. The molecule has 2 aliphatic rings. The molecule has 1 atom stereocenters. The summed E-state index contributed by atoms with van der Waals surface area (Å²) in [5, 5.41) is 10.7. The number of benzene rings is 3. The maximum absolute atomic E-state index is 13.1. The highest BCUT2D eigenvalue weighted by molar-refractivity contribution is 6.30. The maximum atomic E-state index is 13.1. The summed E-state index contributed by atoms with van der Waals surface area (Å²) in [6.07, 6.45) is 11.5. The second kappa shape index (κ2) is 14.8. The lowest BCUT2D eigenvalue weighted by atomic mass is 9.78. The number of carbonyl (C=O) groups is 1. The van der Waals surface area contributed by atoms with Crippen LogP contribution in [-0.2, 0) is 4.79 Å². The third kappa shape index (κ3) is 7.26. The van der Waals surface area contributed by atoms with E-state index in [0.29, 0.717) is 11.1 Å². The van der Waals surface area contributed by atoms with Crippen LogP contribution in [0.2, 0.25) is 0 Å². The van der Waals surface area contributed by atoms with Gasteiger partial charge in [-0.2, -0.15) is 0 Å². The molecule has 1 N–H and O–H groups in total. The van der Waals surface area contributed by atoms with E-state index < -0.39 is 0 Å². The van der Waals surface area contributed by atoms with Gasteiger partial charge in [-0.3, -0.25) is 9.78 Å². The number of pyridine rings is 1. The minimum Gasteiger partial charge on any atom is -0.507 e. The fourth-order valence-electron chi connectivity index (χ4n) is 5.98. The minimum absolute atomic E-state index is 0.0660. The standard InChI is InChI=1S/C24H21NO2.C13H18.C2H6/c1-3-19-20-7-5-4-6-17(20)12-22(24(19)27)21-11-10-16(13-23(21)26)18-9-8-15(2)25-14-18;1-11-7-9-13(10-8-11)12-5-3-2-4-6-12;1-2/h4-14,19,26H,3H2,1-2H3;7-10,12H,2-6H2,1H3;1-2H3. The van der Waals surface area contributed by atoms with E-state index in [-0.39, 0.29) is 17.5 Å². The van der Waals surface area contributed by atoms with Crippen molar-refractivity contribution < 1.29 is 9.90 Å². The number of hydrogen-bond acceptors (Lipinski definition) is 3. The first-order chi connectivity index (χ1) is 20.4. The molecule has 0 amide bonds. The molecule has 3 aromatic carbocycles. The average molecular weight is 560 g/mol. The zero-order chi connectivity index (χ0) is 30.1. The van der Waals surface area contributed by atoms with Gasteiger partial charge in [0.15, 0.2) is 5.78 Å². The molecule has 1 heterocycles. The largest absolute Gasteiger partial charge is 0.507 e. The summed E-state index contributed by atoms with van der Waals surface area (Å²) >= 11 is 0. The van der Waals surface area contributed by atoms with Gasteiger partial charge in [0.05, 0.1) is 0 Å². The fraction of sp³-hybridized carbons (Fsp3) is 0.333. The molecule has 4 aromatic rings. The number of rotatable bonds is 4. The van der Waals surface area contributed by atoms with E-state index in [1.165, 1.54) is 37.7 Å². The number of fused-ring (bicyclic) bond motifs is 1. The molecule has 0 saturated heterocycles. The van der Waals surface area contributed by atoms with Gasteiger partial charge in [0.2, 0.25) is 0 Å². The monoisotopic (exact) mass is 559 g/mol. The Morgan fingerprint density at radius 3 is 2.17 bits per heavy atom. The molecule has 0 aliphatic heterocycles. The number of hydrogen-bond donors (Lipinski definition) is 1. The topological polar surface area (TPSA) is 50.2 Å². The van der Waals surface area contributed by atoms with E-state index >= 15 is 0 Å². The van der Waals surface area contributed by atoms with Crippen LogP contribution in [0.3, 0.4) is 0 Å². The summed E-state index contributed by atoms with van der Waals surface area (Å²) in [6.45, 7) is 10.1. The Morgan fingerprint density at radius 1 is 0.833 bits per heavy atom. The number of aromatic hydroxyl groups is 1. The summed E-state index contributed by atoms with van der Waals surface area (Å²) < 4.78 is 0.